The molecule has 0 radical (unpaired) electrons. The molecule has 3 rings (SSSR count). The first-order valence-corrected chi connectivity index (χ1v) is 6.91. The standard InChI is InChI=1S/C12H16N4OS/c1-15-11-2-4-16(7-12-13-3-5-18-12)6-9(11)10(8-17)14-15/h3,5,17H,2,4,6-8H2,1H3. The van der Waals surface area contributed by atoms with Gasteiger partial charge in [-0.2, -0.15) is 5.10 Å². The van der Waals surface area contributed by atoms with Gasteiger partial charge < -0.3 is 5.11 Å². The summed E-state index contributed by atoms with van der Waals surface area (Å²) < 4.78 is 1.90. The van der Waals surface area contributed by atoms with Gasteiger partial charge in [-0.05, 0) is 0 Å². The average Bonchev–Trinajstić information content (AvgIpc) is 2.98. The summed E-state index contributed by atoms with van der Waals surface area (Å²) in [6.07, 6.45) is 2.84. The van der Waals surface area contributed by atoms with Crippen LogP contribution < -0.4 is 0 Å². The molecule has 0 saturated carbocycles. The van der Waals surface area contributed by atoms with Crippen LogP contribution in [0.25, 0.3) is 0 Å². The van der Waals surface area contributed by atoms with E-state index in [9.17, 15) is 5.11 Å². The van der Waals surface area contributed by atoms with Crippen LogP contribution in [0.4, 0.5) is 0 Å². The molecule has 5 nitrogen and oxygen atoms in total. The topological polar surface area (TPSA) is 54.2 Å². The lowest BCUT2D eigenvalue weighted by atomic mass is 10.1. The maximum Gasteiger partial charge on any atom is 0.107 e. The fraction of sp³-hybridized carbons (Fsp3) is 0.500. The van der Waals surface area contributed by atoms with Crippen LogP contribution in [0.5, 0.6) is 0 Å². The molecule has 6 heteroatoms. The van der Waals surface area contributed by atoms with Crippen molar-refractivity contribution >= 4 is 11.3 Å². The van der Waals surface area contributed by atoms with Crippen molar-refractivity contribution in [1.82, 2.24) is 19.7 Å². The van der Waals surface area contributed by atoms with Crippen LogP contribution >= 0.6 is 11.3 Å². The molecule has 0 fully saturated rings. The van der Waals surface area contributed by atoms with Gasteiger partial charge in [-0.1, -0.05) is 0 Å². The van der Waals surface area contributed by atoms with Crippen molar-refractivity contribution in [2.75, 3.05) is 6.54 Å². The minimum atomic E-state index is 0.0221. The van der Waals surface area contributed by atoms with E-state index in [1.807, 2.05) is 23.3 Å². The second-order valence-corrected chi connectivity index (χ2v) is 5.52. The molecular formula is C12H16N4OS. The van der Waals surface area contributed by atoms with Crippen molar-refractivity contribution in [1.29, 1.82) is 0 Å². The monoisotopic (exact) mass is 264 g/mol. The smallest absolute Gasteiger partial charge is 0.107 e. The molecule has 0 unspecified atom stereocenters. The third-order valence-electron chi connectivity index (χ3n) is 3.40. The number of nitrogens with zero attached hydrogens (tertiary/aromatic N) is 4. The van der Waals surface area contributed by atoms with E-state index in [0.29, 0.717) is 0 Å². The molecule has 2 aromatic heterocycles. The van der Waals surface area contributed by atoms with Gasteiger partial charge >= 0.3 is 0 Å². The summed E-state index contributed by atoms with van der Waals surface area (Å²) in [4.78, 5) is 6.68. The van der Waals surface area contributed by atoms with Gasteiger partial charge in [0.2, 0.25) is 0 Å². The average molecular weight is 264 g/mol. The van der Waals surface area contributed by atoms with Crippen molar-refractivity contribution in [2.24, 2.45) is 7.05 Å². The highest BCUT2D eigenvalue weighted by Gasteiger charge is 2.23. The van der Waals surface area contributed by atoms with Crippen LogP contribution in [0.2, 0.25) is 0 Å². The van der Waals surface area contributed by atoms with Gasteiger partial charge in [-0.3, -0.25) is 9.58 Å². The van der Waals surface area contributed by atoms with E-state index in [1.165, 1.54) is 11.3 Å². The van der Waals surface area contributed by atoms with Gasteiger partial charge in [0.25, 0.3) is 0 Å². The lowest BCUT2D eigenvalue weighted by Gasteiger charge is -2.26. The molecule has 3 heterocycles. The molecule has 0 aromatic carbocycles. The van der Waals surface area contributed by atoms with E-state index in [2.05, 4.69) is 15.0 Å². The number of hydrogen-bond donors (Lipinski definition) is 1. The Kier molecular flexibility index (Phi) is 3.15. The van der Waals surface area contributed by atoms with Crippen molar-refractivity contribution in [3.05, 3.63) is 33.5 Å². The zero-order valence-corrected chi connectivity index (χ0v) is 11.2. The Morgan fingerprint density at radius 3 is 3.11 bits per heavy atom. The fourth-order valence-corrected chi connectivity index (χ4v) is 3.17. The fourth-order valence-electron chi connectivity index (χ4n) is 2.51. The second kappa shape index (κ2) is 4.79. The Bertz CT molecular complexity index is 535. The van der Waals surface area contributed by atoms with Gasteiger partial charge in [0.1, 0.15) is 5.01 Å². The molecule has 18 heavy (non-hydrogen) atoms. The largest absolute Gasteiger partial charge is 0.390 e. The molecule has 1 aliphatic heterocycles. The molecule has 0 saturated heterocycles. The lowest BCUT2D eigenvalue weighted by Crippen LogP contribution is -2.30. The number of rotatable bonds is 3. The molecule has 1 aliphatic rings. The lowest BCUT2D eigenvalue weighted by molar-refractivity contribution is 0.236. The maximum absolute atomic E-state index is 9.35. The summed E-state index contributed by atoms with van der Waals surface area (Å²) in [5.74, 6) is 0. The SMILES string of the molecule is Cn1nc(CO)c2c1CCN(Cc1nccs1)C2. The number of hydrogen-bond acceptors (Lipinski definition) is 5. The maximum atomic E-state index is 9.35. The number of thiazole rings is 1. The first kappa shape index (κ1) is 11.8. The predicted octanol–water partition coefficient (Wildman–Crippen LogP) is 0.927. The van der Waals surface area contributed by atoms with E-state index < -0.39 is 0 Å². The van der Waals surface area contributed by atoms with E-state index >= 15 is 0 Å². The molecule has 0 spiro atoms. The summed E-state index contributed by atoms with van der Waals surface area (Å²) in [5.41, 5.74) is 3.27. The van der Waals surface area contributed by atoms with Crippen molar-refractivity contribution in [3.63, 3.8) is 0 Å². The number of aliphatic hydroxyl groups is 1. The zero-order chi connectivity index (χ0) is 12.5. The molecule has 0 atom stereocenters. The van der Waals surface area contributed by atoms with E-state index in [4.69, 9.17) is 0 Å². The minimum absolute atomic E-state index is 0.0221. The predicted molar refractivity (Wildman–Crippen MR) is 69.1 cm³/mol. The van der Waals surface area contributed by atoms with Crippen LogP contribution in [-0.4, -0.2) is 31.3 Å². The summed E-state index contributed by atoms with van der Waals surface area (Å²) >= 11 is 1.69. The molecule has 0 aliphatic carbocycles. The van der Waals surface area contributed by atoms with Crippen molar-refractivity contribution in [2.45, 2.75) is 26.1 Å². The Hall–Kier alpha value is -1.24. The molecule has 0 bridgehead atoms. The number of aryl methyl sites for hydroxylation is 1. The molecule has 2 aromatic rings. The van der Waals surface area contributed by atoms with Gasteiger partial charge in [-0.15, -0.1) is 11.3 Å². The summed E-state index contributed by atoms with van der Waals surface area (Å²) in [7, 11) is 1.95. The summed E-state index contributed by atoms with van der Waals surface area (Å²) in [5, 5.41) is 16.9. The molecular weight excluding hydrogens is 248 g/mol. The number of fused-ring (bicyclic) bond motifs is 1. The first-order valence-electron chi connectivity index (χ1n) is 6.03. The van der Waals surface area contributed by atoms with Gasteiger partial charge in [0.05, 0.1) is 18.8 Å². The quantitative estimate of drug-likeness (QED) is 0.896. The Labute approximate surface area is 110 Å². The van der Waals surface area contributed by atoms with Crippen LogP contribution in [0.3, 0.4) is 0 Å². The zero-order valence-electron chi connectivity index (χ0n) is 10.3. The third-order valence-corrected chi connectivity index (χ3v) is 4.16. The van der Waals surface area contributed by atoms with Crippen molar-refractivity contribution in [3.8, 4) is 0 Å². The van der Waals surface area contributed by atoms with Crippen LogP contribution in [0, 0.1) is 0 Å². The van der Waals surface area contributed by atoms with Crippen molar-refractivity contribution < 1.29 is 5.11 Å². The highest BCUT2D eigenvalue weighted by atomic mass is 32.1. The highest BCUT2D eigenvalue weighted by molar-refractivity contribution is 7.09. The summed E-state index contributed by atoms with van der Waals surface area (Å²) in [6.45, 7) is 2.79. The summed E-state index contributed by atoms with van der Waals surface area (Å²) in [6, 6.07) is 0. The normalized spacial score (nSPS) is 15.9. The molecule has 96 valence electrons. The van der Waals surface area contributed by atoms with Crippen LogP contribution in [0.1, 0.15) is 22.0 Å². The highest BCUT2D eigenvalue weighted by Crippen LogP contribution is 2.23. The second-order valence-electron chi connectivity index (χ2n) is 4.54. The van der Waals surface area contributed by atoms with E-state index in [1.54, 1.807) is 11.3 Å². The Morgan fingerprint density at radius 1 is 1.50 bits per heavy atom. The van der Waals surface area contributed by atoms with Gasteiger partial charge in [0.15, 0.2) is 0 Å². The van der Waals surface area contributed by atoms with Gasteiger partial charge in [-0.25, -0.2) is 4.98 Å². The van der Waals surface area contributed by atoms with E-state index in [0.717, 1.165) is 36.8 Å². The number of aromatic nitrogens is 3. The third kappa shape index (κ3) is 2.07. The first-order chi connectivity index (χ1) is 8.78. The van der Waals surface area contributed by atoms with Gasteiger partial charge in [0, 0.05) is 49.4 Å². The molecule has 0 amide bonds. The Balaban J connectivity index is 1.80. The Morgan fingerprint density at radius 2 is 2.39 bits per heavy atom. The van der Waals surface area contributed by atoms with E-state index in [-0.39, 0.29) is 6.61 Å². The number of aliphatic hydroxyl groups excluding tert-OH is 1. The van der Waals surface area contributed by atoms with Crippen LogP contribution in [0.15, 0.2) is 11.6 Å². The molecule has 1 N–H and O–H groups in total. The van der Waals surface area contributed by atoms with Crippen LogP contribution in [-0.2, 0) is 33.2 Å². The minimum Gasteiger partial charge on any atom is -0.390 e.